The molecule has 0 amide bonds. The number of sulfonamides is 1. The predicted molar refractivity (Wildman–Crippen MR) is 72.4 cm³/mol. The third-order valence-corrected chi connectivity index (χ3v) is 5.18. The van der Waals surface area contributed by atoms with Gasteiger partial charge in [-0.3, -0.25) is 0 Å². The summed E-state index contributed by atoms with van der Waals surface area (Å²) in [6.45, 7) is 1.63. The lowest BCUT2D eigenvalue weighted by atomic mass is 10.2. The van der Waals surface area contributed by atoms with Crippen LogP contribution in [0.4, 0.5) is 0 Å². The molecule has 19 heavy (non-hydrogen) atoms. The number of hydrogen-bond donors (Lipinski definition) is 2. The molecular formula is C12H15NO4S2. The maximum atomic E-state index is 12.1. The van der Waals surface area contributed by atoms with E-state index in [2.05, 4.69) is 4.72 Å². The van der Waals surface area contributed by atoms with Crippen LogP contribution in [0.1, 0.15) is 17.6 Å². The van der Waals surface area contributed by atoms with Gasteiger partial charge in [-0.25, -0.2) is 13.1 Å². The van der Waals surface area contributed by atoms with Crippen molar-refractivity contribution in [3.8, 4) is 0 Å². The summed E-state index contributed by atoms with van der Waals surface area (Å²) in [5.41, 5.74) is 0. The molecule has 2 aromatic heterocycles. The first kappa shape index (κ1) is 14.3. The average Bonchev–Trinajstić information content (AvgIpc) is 2.97. The summed E-state index contributed by atoms with van der Waals surface area (Å²) in [5.74, 6) is 0.733. The molecule has 0 aliphatic carbocycles. The number of rotatable bonds is 6. The minimum atomic E-state index is -3.54. The number of nitrogens with one attached hydrogen (secondary N) is 1. The second-order valence-electron chi connectivity index (χ2n) is 4.21. The van der Waals surface area contributed by atoms with Crippen molar-refractivity contribution in [1.82, 2.24) is 4.72 Å². The Morgan fingerprint density at radius 3 is 2.89 bits per heavy atom. The first-order valence-corrected chi connectivity index (χ1v) is 8.10. The van der Waals surface area contributed by atoms with E-state index in [0.717, 1.165) is 5.76 Å². The third-order valence-electron chi connectivity index (χ3n) is 2.54. The molecule has 0 bridgehead atoms. The van der Waals surface area contributed by atoms with Crippen molar-refractivity contribution in [2.45, 2.75) is 30.9 Å². The monoisotopic (exact) mass is 301 g/mol. The highest BCUT2D eigenvalue weighted by Crippen LogP contribution is 2.19. The van der Waals surface area contributed by atoms with E-state index in [-0.39, 0.29) is 17.5 Å². The van der Waals surface area contributed by atoms with Gasteiger partial charge in [-0.15, -0.1) is 11.3 Å². The minimum Gasteiger partial charge on any atom is -0.469 e. The van der Waals surface area contributed by atoms with Crippen LogP contribution in [0.15, 0.2) is 39.2 Å². The highest BCUT2D eigenvalue weighted by atomic mass is 32.2. The quantitative estimate of drug-likeness (QED) is 0.852. The van der Waals surface area contributed by atoms with Gasteiger partial charge in [0, 0.05) is 22.7 Å². The van der Waals surface area contributed by atoms with Crippen molar-refractivity contribution in [2.24, 2.45) is 0 Å². The first-order valence-electron chi connectivity index (χ1n) is 5.74. The Balaban J connectivity index is 2.04. The van der Waals surface area contributed by atoms with Crippen LogP contribution in [0.25, 0.3) is 0 Å². The second-order valence-corrected chi connectivity index (χ2v) is 6.92. The molecule has 0 saturated carbocycles. The van der Waals surface area contributed by atoms with Crippen LogP contribution in [-0.4, -0.2) is 19.6 Å². The van der Waals surface area contributed by atoms with Gasteiger partial charge in [0.2, 0.25) is 10.0 Å². The van der Waals surface area contributed by atoms with Gasteiger partial charge in [-0.2, -0.15) is 0 Å². The van der Waals surface area contributed by atoms with Crippen molar-refractivity contribution < 1.29 is 17.9 Å². The van der Waals surface area contributed by atoms with E-state index in [0.29, 0.717) is 11.3 Å². The van der Waals surface area contributed by atoms with Crippen LogP contribution in [0, 0.1) is 0 Å². The van der Waals surface area contributed by atoms with Crippen LogP contribution in [0.2, 0.25) is 0 Å². The van der Waals surface area contributed by atoms with Crippen LogP contribution in [0.5, 0.6) is 0 Å². The number of aliphatic hydroxyl groups is 1. The molecule has 1 atom stereocenters. The van der Waals surface area contributed by atoms with Crippen LogP contribution in [-0.2, 0) is 23.1 Å². The Labute approximate surface area is 115 Å². The first-order chi connectivity index (χ1) is 9.01. The van der Waals surface area contributed by atoms with Crippen molar-refractivity contribution >= 4 is 21.4 Å². The lowest BCUT2D eigenvalue weighted by Crippen LogP contribution is -2.33. The molecule has 1 unspecified atom stereocenters. The fourth-order valence-corrected chi connectivity index (χ4v) is 4.07. The Kier molecular flexibility index (Phi) is 4.41. The fraction of sp³-hybridized carbons (Fsp3) is 0.333. The number of hydrogen-bond acceptors (Lipinski definition) is 5. The van der Waals surface area contributed by atoms with Crippen molar-refractivity contribution in [1.29, 1.82) is 0 Å². The third kappa shape index (κ3) is 3.66. The highest BCUT2D eigenvalue weighted by molar-refractivity contribution is 7.89. The van der Waals surface area contributed by atoms with E-state index in [1.165, 1.54) is 22.8 Å². The topological polar surface area (TPSA) is 79.5 Å². The molecule has 0 aliphatic heterocycles. The van der Waals surface area contributed by atoms with Gasteiger partial charge in [0.05, 0.1) is 17.8 Å². The summed E-state index contributed by atoms with van der Waals surface area (Å²) in [5, 5.41) is 10.5. The average molecular weight is 301 g/mol. The normalized spacial score (nSPS) is 13.6. The molecule has 0 radical (unpaired) electrons. The minimum absolute atomic E-state index is 0.151. The van der Waals surface area contributed by atoms with Gasteiger partial charge >= 0.3 is 0 Å². The number of aliphatic hydroxyl groups excluding tert-OH is 1. The second kappa shape index (κ2) is 5.87. The summed E-state index contributed by atoms with van der Waals surface area (Å²) in [6, 6.07) is 4.78. The van der Waals surface area contributed by atoms with Gasteiger partial charge in [-0.1, -0.05) is 0 Å². The zero-order valence-corrected chi connectivity index (χ0v) is 12.0. The van der Waals surface area contributed by atoms with E-state index < -0.39 is 10.0 Å². The molecular weight excluding hydrogens is 286 g/mol. The smallest absolute Gasteiger partial charge is 0.241 e. The molecule has 0 spiro atoms. The summed E-state index contributed by atoms with van der Waals surface area (Å²) in [6.07, 6.45) is 2.05. The van der Waals surface area contributed by atoms with E-state index in [1.54, 1.807) is 25.3 Å². The molecule has 2 heterocycles. The number of furan rings is 1. The standard InChI is InChI=1S/C12H15NO4S2/c1-9(5-10-3-2-4-17-10)13-19(15,16)12-6-11(7-14)18-8-12/h2-4,6,8-9,13-14H,5,7H2,1H3. The lowest BCUT2D eigenvalue weighted by molar-refractivity contribution is 0.285. The van der Waals surface area contributed by atoms with Crippen LogP contribution >= 0.6 is 11.3 Å². The molecule has 7 heteroatoms. The van der Waals surface area contributed by atoms with Gasteiger partial charge < -0.3 is 9.52 Å². The molecule has 2 aromatic rings. The van der Waals surface area contributed by atoms with E-state index >= 15 is 0 Å². The van der Waals surface area contributed by atoms with E-state index in [1.807, 2.05) is 0 Å². The van der Waals surface area contributed by atoms with Gasteiger partial charge in [0.25, 0.3) is 0 Å². The molecule has 0 saturated heterocycles. The molecule has 0 aliphatic rings. The zero-order valence-electron chi connectivity index (χ0n) is 10.4. The van der Waals surface area contributed by atoms with E-state index in [9.17, 15) is 8.42 Å². The number of thiophene rings is 1. The van der Waals surface area contributed by atoms with E-state index in [4.69, 9.17) is 9.52 Å². The van der Waals surface area contributed by atoms with Crippen molar-refractivity contribution in [3.63, 3.8) is 0 Å². The molecule has 0 aromatic carbocycles. The fourth-order valence-electron chi connectivity index (χ4n) is 1.69. The maximum Gasteiger partial charge on any atom is 0.241 e. The summed E-state index contributed by atoms with van der Waals surface area (Å²) in [7, 11) is -3.54. The summed E-state index contributed by atoms with van der Waals surface area (Å²) >= 11 is 1.22. The van der Waals surface area contributed by atoms with Gasteiger partial charge in [0.15, 0.2) is 0 Å². The van der Waals surface area contributed by atoms with Crippen molar-refractivity contribution in [2.75, 3.05) is 0 Å². The van der Waals surface area contributed by atoms with Crippen LogP contribution < -0.4 is 4.72 Å². The maximum absolute atomic E-state index is 12.1. The van der Waals surface area contributed by atoms with Gasteiger partial charge in [-0.05, 0) is 25.1 Å². The zero-order chi connectivity index (χ0) is 13.9. The largest absolute Gasteiger partial charge is 0.469 e. The Hall–Kier alpha value is -1.15. The molecule has 0 fully saturated rings. The van der Waals surface area contributed by atoms with Crippen molar-refractivity contribution in [3.05, 3.63) is 40.5 Å². The SMILES string of the molecule is CC(Cc1ccco1)NS(=O)(=O)c1csc(CO)c1. The Morgan fingerprint density at radius 2 is 2.32 bits per heavy atom. The molecule has 5 nitrogen and oxygen atoms in total. The molecule has 104 valence electrons. The van der Waals surface area contributed by atoms with Crippen LogP contribution in [0.3, 0.4) is 0 Å². The lowest BCUT2D eigenvalue weighted by Gasteiger charge is -2.11. The predicted octanol–water partition coefficient (Wildman–Crippen LogP) is 1.74. The molecule has 2 rings (SSSR count). The summed E-state index contributed by atoms with van der Waals surface area (Å²) < 4.78 is 31.9. The van der Waals surface area contributed by atoms with Gasteiger partial charge in [0.1, 0.15) is 5.76 Å². The Morgan fingerprint density at radius 1 is 1.53 bits per heavy atom. The molecule has 2 N–H and O–H groups in total. The summed E-state index contributed by atoms with van der Waals surface area (Å²) in [4.78, 5) is 0.812. The highest BCUT2D eigenvalue weighted by Gasteiger charge is 2.19. The Bertz CT molecular complexity index is 616.